The summed E-state index contributed by atoms with van der Waals surface area (Å²) >= 11 is 0. The van der Waals surface area contributed by atoms with Crippen LogP contribution in [0.2, 0.25) is 0 Å². The fraction of sp³-hybridized carbons (Fsp3) is 1.00. The highest BCUT2D eigenvalue weighted by Gasteiger charge is 2.17. The predicted molar refractivity (Wildman–Crippen MR) is 72.8 cm³/mol. The molecule has 1 rings (SSSR count). The van der Waals surface area contributed by atoms with Crippen molar-refractivity contribution in [3.05, 3.63) is 0 Å². The average molecular weight is 225 g/mol. The van der Waals surface area contributed by atoms with Crippen molar-refractivity contribution in [1.82, 2.24) is 5.32 Å². The molecule has 0 aromatic rings. The molecule has 0 radical (unpaired) electrons. The molecule has 1 fully saturated rings. The van der Waals surface area contributed by atoms with Crippen LogP contribution in [0.3, 0.4) is 0 Å². The molecule has 1 nitrogen and oxygen atoms in total. The summed E-state index contributed by atoms with van der Waals surface area (Å²) in [7, 11) is 0. The molecule has 1 atom stereocenters. The van der Waals surface area contributed by atoms with E-state index in [-0.39, 0.29) is 0 Å². The first kappa shape index (κ1) is 14.0. The molecule has 1 aliphatic rings. The Morgan fingerprint density at radius 2 is 1.75 bits per heavy atom. The zero-order valence-electron chi connectivity index (χ0n) is 11.4. The Kier molecular flexibility index (Phi) is 7.92. The standard InChI is InChI=1S/C15H31N/c1-3-5-12-15(16-4-2)13-14-10-8-6-7-9-11-14/h14-16H,3-13H2,1-2H3. The molecule has 16 heavy (non-hydrogen) atoms. The van der Waals surface area contributed by atoms with Crippen molar-refractivity contribution in [2.75, 3.05) is 6.54 Å². The molecule has 1 saturated carbocycles. The van der Waals surface area contributed by atoms with Gasteiger partial charge in [-0.15, -0.1) is 0 Å². The van der Waals surface area contributed by atoms with Gasteiger partial charge in [-0.05, 0) is 25.3 Å². The van der Waals surface area contributed by atoms with Gasteiger partial charge in [-0.3, -0.25) is 0 Å². The van der Waals surface area contributed by atoms with E-state index in [9.17, 15) is 0 Å². The normalized spacial score (nSPS) is 20.6. The lowest BCUT2D eigenvalue weighted by molar-refractivity contribution is 0.338. The van der Waals surface area contributed by atoms with Crippen molar-refractivity contribution in [3.8, 4) is 0 Å². The number of hydrogen-bond donors (Lipinski definition) is 1. The van der Waals surface area contributed by atoms with E-state index in [1.54, 1.807) is 0 Å². The molecule has 0 heterocycles. The minimum Gasteiger partial charge on any atom is -0.314 e. The summed E-state index contributed by atoms with van der Waals surface area (Å²) in [6, 6.07) is 0.799. The third kappa shape index (κ3) is 5.89. The summed E-state index contributed by atoms with van der Waals surface area (Å²) in [6.07, 6.45) is 14.5. The van der Waals surface area contributed by atoms with Crippen molar-refractivity contribution in [3.63, 3.8) is 0 Å². The molecule has 96 valence electrons. The van der Waals surface area contributed by atoms with Gasteiger partial charge in [0.15, 0.2) is 0 Å². The van der Waals surface area contributed by atoms with Crippen molar-refractivity contribution >= 4 is 0 Å². The van der Waals surface area contributed by atoms with E-state index in [0.29, 0.717) is 0 Å². The molecule has 0 aromatic carbocycles. The van der Waals surface area contributed by atoms with Gasteiger partial charge in [0, 0.05) is 6.04 Å². The highest BCUT2D eigenvalue weighted by atomic mass is 14.9. The highest BCUT2D eigenvalue weighted by molar-refractivity contribution is 4.73. The molecule has 0 bridgehead atoms. The van der Waals surface area contributed by atoms with Crippen molar-refractivity contribution in [2.24, 2.45) is 5.92 Å². The van der Waals surface area contributed by atoms with Gasteiger partial charge in [0.2, 0.25) is 0 Å². The fourth-order valence-corrected chi connectivity index (χ4v) is 3.04. The van der Waals surface area contributed by atoms with Crippen LogP contribution in [0.5, 0.6) is 0 Å². The maximum Gasteiger partial charge on any atom is 0.00695 e. The minimum atomic E-state index is 0.799. The molecule has 1 aliphatic carbocycles. The lowest BCUT2D eigenvalue weighted by Crippen LogP contribution is -2.31. The first-order valence-corrected chi connectivity index (χ1v) is 7.60. The predicted octanol–water partition coefficient (Wildman–Crippen LogP) is 4.52. The van der Waals surface area contributed by atoms with E-state index in [2.05, 4.69) is 19.2 Å². The van der Waals surface area contributed by atoms with E-state index < -0.39 is 0 Å². The van der Waals surface area contributed by atoms with E-state index in [0.717, 1.165) is 18.5 Å². The van der Waals surface area contributed by atoms with E-state index >= 15 is 0 Å². The molecule has 1 unspecified atom stereocenters. The van der Waals surface area contributed by atoms with Crippen molar-refractivity contribution in [1.29, 1.82) is 0 Å². The van der Waals surface area contributed by atoms with Crippen LogP contribution < -0.4 is 5.32 Å². The Morgan fingerprint density at radius 3 is 2.31 bits per heavy atom. The van der Waals surface area contributed by atoms with Crippen LogP contribution in [-0.2, 0) is 0 Å². The molecule has 0 aromatic heterocycles. The van der Waals surface area contributed by atoms with Crippen molar-refractivity contribution < 1.29 is 0 Å². The van der Waals surface area contributed by atoms with Crippen LogP contribution in [0.25, 0.3) is 0 Å². The molecule has 0 spiro atoms. The summed E-state index contributed by atoms with van der Waals surface area (Å²) in [5.74, 6) is 1.02. The summed E-state index contributed by atoms with van der Waals surface area (Å²) in [6.45, 7) is 5.68. The minimum absolute atomic E-state index is 0.799. The Bertz CT molecular complexity index is 148. The quantitative estimate of drug-likeness (QED) is 0.628. The number of hydrogen-bond acceptors (Lipinski definition) is 1. The van der Waals surface area contributed by atoms with Crippen LogP contribution >= 0.6 is 0 Å². The lowest BCUT2D eigenvalue weighted by atomic mass is 9.90. The van der Waals surface area contributed by atoms with E-state index in [1.165, 1.54) is 64.2 Å². The molecule has 0 saturated heterocycles. The van der Waals surface area contributed by atoms with Crippen LogP contribution in [0.15, 0.2) is 0 Å². The maximum absolute atomic E-state index is 3.69. The fourth-order valence-electron chi connectivity index (χ4n) is 3.04. The summed E-state index contributed by atoms with van der Waals surface area (Å²) in [5, 5.41) is 3.69. The number of rotatable bonds is 7. The molecule has 1 N–H and O–H groups in total. The van der Waals surface area contributed by atoms with Crippen LogP contribution in [-0.4, -0.2) is 12.6 Å². The van der Waals surface area contributed by atoms with Gasteiger partial charge in [-0.1, -0.05) is 65.2 Å². The van der Waals surface area contributed by atoms with Gasteiger partial charge in [-0.25, -0.2) is 0 Å². The Morgan fingerprint density at radius 1 is 1.06 bits per heavy atom. The molecular formula is C15H31N. The van der Waals surface area contributed by atoms with Gasteiger partial charge in [-0.2, -0.15) is 0 Å². The molecular weight excluding hydrogens is 194 g/mol. The zero-order chi connectivity index (χ0) is 11.6. The van der Waals surface area contributed by atoms with Gasteiger partial charge in [0.1, 0.15) is 0 Å². The first-order valence-electron chi connectivity index (χ1n) is 7.60. The number of nitrogens with one attached hydrogen (secondary N) is 1. The second-order valence-corrected chi connectivity index (χ2v) is 5.49. The Balaban J connectivity index is 2.27. The smallest absolute Gasteiger partial charge is 0.00695 e. The molecule has 1 heteroatoms. The SMILES string of the molecule is CCCCC(CC1CCCCCC1)NCC. The van der Waals surface area contributed by atoms with Gasteiger partial charge in [0.25, 0.3) is 0 Å². The lowest BCUT2D eigenvalue weighted by Gasteiger charge is -2.23. The summed E-state index contributed by atoms with van der Waals surface area (Å²) < 4.78 is 0. The second kappa shape index (κ2) is 9.04. The summed E-state index contributed by atoms with van der Waals surface area (Å²) in [5.41, 5.74) is 0. The molecule has 0 amide bonds. The van der Waals surface area contributed by atoms with E-state index in [1.807, 2.05) is 0 Å². The highest BCUT2D eigenvalue weighted by Crippen LogP contribution is 2.27. The van der Waals surface area contributed by atoms with Crippen LogP contribution in [0, 0.1) is 5.92 Å². The monoisotopic (exact) mass is 225 g/mol. The first-order chi connectivity index (χ1) is 7.86. The van der Waals surface area contributed by atoms with Gasteiger partial charge in [0.05, 0.1) is 0 Å². The third-order valence-corrected chi connectivity index (χ3v) is 3.99. The Labute approximate surface area is 102 Å². The maximum atomic E-state index is 3.69. The Hall–Kier alpha value is -0.0400. The topological polar surface area (TPSA) is 12.0 Å². The number of unbranched alkanes of at least 4 members (excludes halogenated alkanes) is 1. The van der Waals surface area contributed by atoms with Crippen LogP contribution in [0.1, 0.15) is 78.1 Å². The average Bonchev–Trinajstić information content (AvgIpc) is 2.55. The largest absolute Gasteiger partial charge is 0.314 e. The van der Waals surface area contributed by atoms with Crippen LogP contribution in [0.4, 0.5) is 0 Å². The van der Waals surface area contributed by atoms with Gasteiger partial charge < -0.3 is 5.32 Å². The second-order valence-electron chi connectivity index (χ2n) is 5.49. The third-order valence-electron chi connectivity index (χ3n) is 3.99. The summed E-state index contributed by atoms with van der Waals surface area (Å²) in [4.78, 5) is 0. The van der Waals surface area contributed by atoms with E-state index in [4.69, 9.17) is 0 Å². The zero-order valence-corrected chi connectivity index (χ0v) is 11.4. The molecule has 0 aliphatic heterocycles. The van der Waals surface area contributed by atoms with Crippen molar-refractivity contribution in [2.45, 2.75) is 84.1 Å². The van der Waals surface area contributed by atoms with Gasteiger partial charge >= 0.3 is 0 Å².